The van der Waals surface area contributed by atoms with Crippen molar-refractivity contribution in [2.45, 2.75) is 70.1 Å². The SMILES string of the molecule is CC(C)CC(N)C(=O)NC(CC(=O)O)C(=O)NC(CO)C(=O)NC(CCCCN)C(=O)O. The smallest absolute Gasteiger partial charge is 0.326 e. The minimum atomic E-state index is -1.56. The van der Waals surface area contributed by atoms with Crippen LogP contribution in [0.5, 0.6) is 0 Å². The molecule has 4 unspecified atom stereocenters. The molecule has 10 N–H and O–H groups in total. The van der Waals surface area contributed by atoms with Crippen LogP contribution in [0.1, 0.15) is 46.0 Å². The van der Waals surface area contributed by atoms with E-state index in [-0.39, 0.29) is 12.3 Å². The molecule has 0 saturated heterocycles. The second-order valence-corrected chi connectivity index (χ2v) is 7.82. The fraction of sp³-hybridized carbons (Fsp3) is 0.737. The first-order valence-electron chi connectivity index (χ1n) is 10.3. The van der Waals surface area contributed by atoms with Gasteiger partial charge in [0.05, 0.1) is 19.1 Å². The van der Waals surface area contributed by atoms with Crippen molar-refractivity contribution in [3.8, 4) is 0 Å². The van der Waals surface area contributed by atoms with Gasteiger partial charge in [-0.15, -0.1) is 0 Å². The van der Waals surface area contributed by atoms with Crippen LogP contribution in [0.25, 0.3) is 0 Å². The number of aliphatic hydroxyl groups is 1. The summed E-state index contributed by atoms with van der Waals surface area (Å²) in [5.41, 5.74) is 11.1. The second kappa shape index (κ2) is 15.1. The molecule has 3 amide bonds. The van der Waals surface area contributed by atoms with E-state index in [9.17, 15) is 34.2 Å². The van der Waals surface area contributed by atoms with E-state index in [0.29, 0.717) is 25.8 Å². The lowest BCUT2D eigenvalue weighted by atomic mass is 10.0. The Hall–Kier alpha value is -2.77. The van der Waals surface area contributed by atoms with Gasteiger partial charge in [-0.25, -0.2) is 4.79 Å². The Balaban J connectivity index is 5.19. The summed E-state index contributed by atoms with van der Waals surface area (Å²) in [5, 5.41) is 34.4. The van der Waals surface area contributed by atoms with Crippen LogP contribution < -0.4 is 27.4 Å². The lowest BCUT2D eigenvalue weighted by molar-refractivity contribution is -0.143. The zero-order valence-corrected chi connectivity index (χ0v) is 18.4. The topological polar surface area (TPSA) is 234 Å². The molecule has 0 aliphatic rings. The summed E-state index contributed by atoms with van der Waals surface area (Å²) < 4.78 is 0. The van der Waals surface area contributed by atoms with Crippen LogP contribution in [0.15, 0.2) is 0 Å². The zero-order valence-electron chi connectivity index (χ0n) is 18.4. The summed E-state index contributed by atoms with van der Waals surface area (Å²) in [5.74, 6) is -5.36. The Morgan fingerprint density at radius 2 is 1.38 bits per heavy atom. The first-order chi connectivity index (χ1) is 14.9. The highest BCUT2D eigenvalue weighted by Gasteiger charge is 2.31. The van der Waals surface area contributed by atoms with E-state index in [1.807, 2.05) is 13.8 Å². The molecule has 0 aliphatic carbocycles. The molecule has 0 aromatic rings. The van der Waals surface area contributed by atoms with Gasteiger partial charge in [0.2, 0.25) is 17.7 Å². The van der Waals surface area contributed by atoms with Crippen LogP contribution in [0, 0.1) is 5.92 Å². The van der Waals surface area contributed by atoms with Crippen LogP contribution in [0.2, 0.25) is 0 Å². The normalized spacial score (nSPS) is 14.7. The maximum Gasteiger partial charge on any atom is 0.326 e. The van der Waals surface area contributed by atoms with Gasteiger partial charge in [0.1, 0.15) is 18.1 Å². The minimum absolute atomic E-state index is 0.0806. The molecule has 0 aliphatic heterocycles. The molecule has 0 fully saturated rings. The van der Waals surface area contributed by atoms with Crippen LogP contribution in [0.4, 0.5) is 0 Å². The number of hydrogen-bond donors (Lipinski definition) is 8. The van der Waals surface area contributed by atoms with Crippen molar-refractivity contribution in [1.29, 1.82) is 0 Å². The Bertz CT molecular complexity index is 658. The van der Waals surface area contributed by atoms with Crippen molar-refractivity contribution in [3.05, 3.63) is 0 Å². The minimum Gasteiger partial charge on any atom is -0.481 e. The van der Waals surface area contributed by atoms with E-state index in [1.54, 1.807) is 0 Å². The molecule has 0 radical (unpaired) electrons. The van der Waals surface area contributed by atoms with E-state index >= 15 is 0 Å². The van der Waals surface area contributed by atoms with Crippen molar-refractivity contribution in [2.75, 3.05) is 13.2 Å². The zero-order chi connectivity index (χ0) is 24.8. The number of rotatable bonds is 16. The number of amides is 3. The molecule has 0 heterocycles. The fourth-order valence-corrected chi connectivity index (χ4v) is 2.77. The van der Waals surface area contributed by atoms with Gasteiger partial charge in [-0.05, 0) is 38.1 Å². The van der Waals surface area contributed by atoms with Gasteiger partial charge in [0.25, 0.3) is 0 Å². The van der Waals surface area contributed by atoms with Crippen molar-refractivity contribution in [1.82, 2.24) is 16.0 Å². The predicted molar refractivity (Wildman–Crippen MR) is 113 cm³/mol. The summed E-state index contributed by atoms with van der Waals surface area (Å²) in [4.78, 5) is 59.5. The highest BCUT2D eigenvalue weighted by Crippen LogP contribution is 2.05. The van der Waals surface area contributed by atoms with Crippen LogP contribution in [0.3, 0.4) is 0 Å². The van der Waals surface area contributed by atoms with E-state index in [0.717, 1.165) is 0 Å². The average Bonchev–Trinajstić information content (AvgIpc) is 2.69. The van der Waals surface area contributed by atoms with Gasteiger partial charge >= 0.3 is 11.9 Å². The number of nitrogens with two attached hydrogens (primary N) is 2. The largest absolute Gasteiger partial charge is 0.481 e. The summed E-state index contributed by atoms with van der Waals surface area (Å²) in [7, 11) is 0. The molecule has 0 aromatic heterocycles. The Morgan fingerprint density at radius 1 is 0.844 bits per heavy atom. The Kier molecular flexibility index (Phi) is 13.8. The predicted octanol–water partition coefficient (Wildman–Crippen LogP) is -2.51. The van der Waals surface area contributed by atoms with Gasteiger partial charge in [0.15, 0.2) is 0 Å². The van der Waals surface area contributed by atoms with E-state index in [2.05, 4.69) is 16.0 Å². The number of carbonyl (C=O) groups excluding carboxylic acids is 3. The molecule has 0 aromatic carbocycles. The Labute approximate surface area is 186 Å². The third-order valence-corrected chi connectivity index (χ3v) is 4.45. The lowest BCUT2D eigenvalue weighted by Crippen LogP contribution is -2.58. The van der Waals surface area contributed by atoms with Crippen LogP contribution in [-0.2, 0) is 24.0 Å². The number of aliphatic carboxylic acids is 2. The number of carboxylic acid groups (broad SMARTS) is 2. The highest BCUT2D eigenvalue weighted by molar-refractivity contribution is 5.95. The average molecular weight is 462 g/mol. The van der Waals surface area contributed by atoms with Gasteiger partial charge in [-0.3, -0.25) is 19.2 Å². The first-order valence-corrected chi connectivity index (χ1v) is 10.3. The van der Waals surface area contributed by atoms with Crippen molar-refractivity contribution in [3.63, 3.8) is 0 Å². The number of aliphatic hydroxyl groups excluding tert-OH is 1. The molecule has 13 heteroatoms. The van der Waals surface area contributed by atoms with Gasteiger partial charge in [-0.1, -0.05) is 13.8 Å². The third kappa shape index (κ3) is 11.6. The number of carbonyl (C=O) groups is 5. The molecule has 184 valence electrons. The summed E-state index contributed by atoms with van der Waals surface area (Å²) in [6.07, 6.45) is 0.594. The van der Waals surface area contributed by atoms with E-state index in [4.69, 9.17) is 16.6 Å². The van der Waals surface area contributed by atoms with Gasteiger partial charge in [0, 0.05) is 0 Å². The fourth-order valence-electron chi connectivity index (χ4n) is 2.77. The molecule has 4 atom stereocenters. The lowest BCUT2D eigenvalue weighted by Gasteiger charge is -2.24. The monoisotopic (exact) mass is 461 g/mol. The van der Waals surface area contributed by atoms with Gasteiger partial charge < -0.3 is 42.7 Å². The molecule has 13 nitrogen and oxygen atoms in total. The molecule has 0 spiro atoms. The highest BCUT2D eigenvalue weighted by atomic mass is 16.4. The number of unbranched alkanes of at least 4 members (excludes halogenated alkanes) is 1. The molecular weight excluding hydrogens is 426 g/mol. The van der Waals surface area contributed by atoms with Crippen LogP contribution in [-0.4, -0.2) is 82.3 Å². The molecule has 0 saturated carbocycles. The molecule has 0 rings (SSSR count). The van der Waals surface area contributed by atoms with Crippen LogP contribution >= 0.6 is 0 Å². The summed E-state index contributed by atoms with van der Waals surface area (Å²) in [6, 6.07) is -5.35. The molecule has 0 bridgehead atoms. The Morgan fingerprint density at radius 3 is 1.84 bits per heavy atom. The standard InChI is InChI=1S/C19H35N5O8/c1-10(2)7-11(21)16(28)23-13(8-15(26)27)17(29)24-14(9-25)18(30)22-12(19(31)32)5-3-4-6-20/h10-14,25H,3-9,20-21H2,1-2H3,(H,22,30)(H,23,28)(H,24,29)(H,26,27)(H,31,32). The number of carboxylic acids is 2. The summed E-state index contributed by atoms with van der Waals surface area (Å²) >= 11 is 0. The second-order valence-electron chi connectivity index (χ2n) is 7.82. The van der Waals surface area contributed by atoms with Crippen molar-refractivity contribution in [2.24, 2.45) is 17.4 Å². The number of hydrogen-bond acceptors (Lipinski definition) is 8. The summed E-state index contributed by atoms with van der Waals surface area (Å²) in [6.45, 7) is 3.14. The maximum absolute atomic E-state index is 12.5. The molecule has 32 heavy (non-hydrogen) atoms. The number of nitrogens with one attached hydrogen (secondary N) is 3. The maximum atomic E-state index is 12.5. The third-order valence-electron chi connectivity index (χ3n) is 4.45. The first kappa shape index (κ1) is 29.2. The van der Waals surface area contributed by atoms with Crippen molar-refractivity contribution < 1.29 is 39.3 Å². The van der Waals surface area contributed by atoms with Gasteiger partial charge in [-0.2, -0.15) is 0 Å². The van der Waals surface area contributed by atoms with E-state index in [1.165, 1.54) is 0 Å². The van der Waals surface area contributed by atoms with E-state index < -0.39 is 66.9 Å². The quantitative estimate of drug-likeness (QED) is 0.112. The van der Waals surface area contributed by atoms with Crippen molar-refractivity contribution >= 4 is 29.7 Å². The molecular formula is C19H35N5O8.